The van der Waals surface area contributed by atoms with Crippen LogP contribution in [0.2, 0.25) is 0 Å². The van der Waals surface area contributed by atoms with E-state index in [0.717, 1.165) is 20.5 Å². The number of rotatable bonds is 5. The molecule has 1 N–H and O–H groups in total. The Balaban J connectivity index is 1.83. The minimum absolute atomic E-state index is 0.0101. The Morgan fingerprint density at radius 1 is 1.30 bits per heavy atom. The van der Waals surface area contributed by atoms with Crippen LogP contribution in [-0.4, -0.2) is 24.4 Å². The van der Waals surface area contributed by atoms with Gasteiger partial charge in [-0.25, -0.2) is 0 Å². The Hall–Kier alpha value is -0.690. The number of nitrogens with one attached hydrogen (secondary N) is 1. The average Bonchev–Trinajstić information content (AvgIpc) is 2.77. The Labute approximate surface area is 139 Å². The van der Waals surface area contributed by atoms with Crippen LogP contribution < -0.4 is 5.32 Å². The second kappa shape index (κ2) is 7.36. The number of anilines is 1. The van der Waals surface area contributed by atoms with E-state index in [9.17, 15) is 4.79 Å². The smallest absolute Gasteiger partial charge is 0.238 e. The molecule has 0 atom stereocenters. The molecule has 1 aromatic heterocycles. The third-order valence-corrected chi connectivity index (χ3v) is 4.70. The molecule has 0 unspecified atom stereocenters. The number of thiophene rings is 1. The molecule has 3 nitrogen and oxygen atoms in total. The molecule has 0 aliphatic heterocycles. The molecule has 0 saturated heterocycles. The first-order valence-corrected chi connectivity index (χ1v) is 8.46. The topological polar surface area (TPSA) is 32.3 Å². The van der Waals surface area contributed by atoms with Crippen molar-refractivity contribution in [2.45, 2.75) is 6.54 Å². The fourth-order valence-corrected chi connectivity index (χ4v) is 3.24. The summed E-state index contributed by atoms with van der Waals surface area (Å²) in [6.07, 6.45) is 0. The maximum atomic E-state index is 11.9. The molecule has 20 heavy (non-hydrogen) atoms. The van der Waals surface area contributed by atoms with E-state index in [1.54, 1.807) is 11.3 Å². The lowest BCUT2D eigenvalue weighted by Crippen LogP contribution is -2.29. The standard InChI is InChI=1S/C14H14Br2N2OS/c1-18(7-10-6-13(16)20-9-10)8-14(19)17-12-4-2-11(15)3-5-12/h2-6,9H,7-8H2,1H3,(H,17,19). The van der Waals surface area contributed by atoms with Crippen LogP contribution in [-0.2, 0) is 11.3 Å². The molecule has 1 aromatic carbocycles. The van der Waals surface area contributed by atoms with Gasteiger partial charge in [-0.05, 0) is 64.3 Å². The van der Waals surface area contributed by atoms with Crippen LogP contribution in [0.15, 0.2) is 44.0 Å². The van der Waals surface area contributed by atoms with Gasteiger partial charge in [0.1, 0.15) is 0 Å². The summed E-state index contributed by atoms with van der Waals surface area (Å²) in [7, 11) is 1.94. The van der Waals surface area contributed by atoms with Crippen molar-refractivity contribution in [2.24, 2.45) is 0 Å². The van der Waals surface area contributed by atoms with Gasteiger partial charge in [0, 0.05) is 16.7 Å². The summed E-state index contributed by atoms with van der Waals surface area (Å²) in [5, 5.41) is 4.97. The van der Waals surface area contributed by atoms with Crippen LogP contribution in [0.3, 0.4) is 0 Å². The minimum atomic E-state index is -0.0101. The highest BCUT2D eigenvalue weighted by Crippen LogP contribution is 2.21. The van der Waals surface area contributed by atoms with E-state index in [1.165, 1.54) is 5.56 Å². The highest BCUT2D eigenvalue weighted by atomic mass is 79.9. The van der Waals surface area contributed by atoms with E-state index >= 15 is 0 Å². The Morgan fingerprint density at radius 2 is 2.00 bits per heavy atom. The molecule has 2 aromatic rings. The fraction of sp³-hybridized carbons (Fsp3) is 0.214. The van der Waals surface area contributed by atoms with Crippen molar-refractivity contribution in [3.05, 3.63) is 49.5 Å². The molecule has 0 radical (unpaired) electrons. The molecule has 1 amide bonds. The van der Waals surface area contributed by atoms with Gasteiger partial charge < -0.3 is 5.32 Å². The summed E-state index contributed by atoms with van der Waals surface area (Å²) in [5.41, 5.74) is 2.02. The average molecular weight is 418 g/mol. The van der Waals surface area contributed by atoms with Crippen molar-refractivity contribution >= 4 is 54.8 Å². The molecule has 0 fully saturated rings. The lowest BCUT2D eigenvalue weighted by molar-refractivity contribution is -0.117. The predicted octanol–water partition coefficient (Wildman–Crippen LogP) is 4.34. The molecule has 0 bridgehead atoms. The predicted molar refractivity (Wildman–Crippen MR) is 91.1 cm³/mol. The van der Waals surface area contributed by atoms with Crippen LogP contribution in [0.5, 0.6) is 0 Å². The van der Waals surface area contributed by atoms with Crippen LogP contribution in [0, 0.1) is 0 Å². The molecule has 0 spiro atoms. The number of amides is 1. The molecule has 0 saturated carbocycles. The first kappa shape index (κ1) is 15.7. The zero-order chi connectivity index (χ0) is 14.5. The SMILES string of the molecule is CN(CC(=O)Nc1ccc(Br)cc1)Cc1csc(Br)c1. The second-order valence-corrected chi connectivity index (χ2v) is 7.69. The van der Waals surface area contributed by atoms with Crippen molar-refractivity contribution in [1.29, 1.82) is 0 Å². The van der Waals surface area contributed by atoms with Crippen molar-refractivity contribution < 1.29 is 4.79 Å². The molecule has 0 aliphatic rings. The monoisotopic (exact) mass is 416 g/mol. The minimum Gasteiger partial charge on any atom is -0.325 e. The zero-order valence-electron chi connectivity index (χ0n) is 10.9. The quantitative estimate of drug-likeness (QED) is 0.784. The molecule has 6 heteroatoms. The third-order valence-electron chi connectivity index (χ3n) is 2.62. The first-order valence-electron chi connectivity index (χ1n) is 6.00. The van der Waals surface area contributed by atoms with Crippen LogP contribution >= 0.6 is 43.2 Å². The van der Waals surface area contributed by atoms with Gasteiger partial charge in [-0.15, -0.1) is 11.3 Å². The van der Waals surface area contributed by atoms with E-state index in [1.807, 2.05) is 36.2 Å². The lowest BCUT2D eigenvalue weighted by Gasteiger charge is -2.15. The van der Waals surface area contributed by atoms with Crippen LogP contribution in [0.4, 0.5) is 5.69 Å². The van der Waals surface area contributed by atoms with Crippen LogP contribution in [0.1, 0.15) is 5.56 Å². The summed E-state index contributed by atoms with van der Waals surface area (Å²) in [5.74, 6) is -0.0101. The number of hydrogen-bond acceptors (Lipinski definition) is 3. The van der Waals surface area contributed by atoms with Gasteiger partial charge in [0.25, 0.3) is 0 Å². The number of benzene rings is 1. The Bertz CT molecular complexity index is 583. The van der Waals surface area contributed by atoms with E-state index in [2.05, 4.69) is 48.6 Å². The number of likely N-dealkylation sites (N-methyl/N-ethyl adjacent to an activating group) is 1. The fourth-order valence-electron chi connectivity index (χ4n) is 1.78. The lowest BCUT2D eigenvalue weighted by atomic mass is 10.3. The normalized spacial score (nSPS) is 10.8. The summed E-state index contributed by atoms with van der Waals surface area (Å²) < 4.78 is 2.11. The highest BCUT2D eigenvalue weighted by molar-refractivity contribution is 9.11. The molecular weight excluding hydrogens is 404 g/mol. The van der Waals surface area contributed by atoms with Crippen molar-refractivity contribution in [2.75, 3.05) is 18.9 Å². The van der Waals surface area contributed by atoms with Gasteiger partial charge in [-0.3, -0.25) is 9.69 Å². The zero-order valence-corrected chi connectivity index (χ0v) is 14.9. The van der Waals surface area contributed by atoms with Gasteiger partial charge in [-0.1, -0.05) is 15.9 Å². The maximum Gasteiger partial charge on any atom is 0.238 e. The van der Waals surface area contributed by atoms with Gasteiger partial charge in [-0.2, -0.15) is 0 Å². The van der Waals surface area contributed by atoms with E-state index < -0.39 is 0 Å². The third kappa shape index (κ3) is 5.01. The molecule has 106 valence electrons. The summed E-state index contributed by atoms with van der Waals surface area (Å²) in [6.45, 7) is 1.12. The van der Waals surface area contributed by atoms with Gasteiger partial charge >= 0.3 is 0 Å². The number of carbonyl (C=O) groups is 1. The first-order chi connectivity index (χ1) is 9.52. The molecule has 2 rings (SSSR count). The van der Waals surface area contributed by atoms with Crippen LogP contribution in [0.25, 0.3) is 0 Å². The number of nitrogens with zero attached hydrogens (tertiary/aromatic N) is 1. The number of halogens is 2. The Kier molecular flexibility index (Phi) is 5.77. The van der Waals surface area contributed by atoms with E-state index in [-0.39, 0.29) is 5.91 Å². The van der Waals surface area contributed by atoms with E-state index in [4.69, 9.17) is 0 Å². The summed E-state index contributed by atoms with van der Waals surface area (Å²) >= 11 is 8.46. The highest BCUT2D eigenvalue weighted by Gasteiger charge is 2.08. The van der Waals surface area contributed by atoms with Gasteiger partial charge in [0.05, 0.1) is 10.3 Å². The molecular formula is C14H14Br2N2OS. The van der Waals surface area contributed by atoms with Crippen molar-refractivity contribution in [1.82, 2.24) is 4.90 Å². The molecule has 1 heterocycles. The largest absolute Gasteiger partial charge is 0.325 e. The summed E-state index contributed by atoms with van der Waals surface area (Å²) in [6, 6.07) is 9.63. The van der Waals surface area contributed by atoms with Gasteiger partial charge in [0.15, 0.2) is 0 Å². The summed E-state index contributed by atoms with van der Waals surface area (Å²) in [4.78, 5) is 13.9. The second-order valence-electron chi connectivity index (χ2n) is 4.49. The molecule has 0 aliphatic carbocycles. The number of carbonyl (C=O) groups excluding carboxylic acids is 1. The maximum absolute atomic E-state index is 11.9. The number of hydrogen-bond donors (Lipinski definition) is 1. The van der Waals surface area contributed by atoms with Crippen molar-refractivity contribution in [3.8, 4) is 0 Å². The van der Waals surface area contributed by atoms with Crippen molar-refractivity contribution in [3.63, 3.8) is 0 Å². The van der Waals surface area contributed by atoms with Gasteiger partial charge in [0.2, 0.25) is 5.91 Å². The Morgan fingerprint density at radius 3 is 2.60 bits per heavy atom. The van der Waals surface area contributed by atoms with E-state index in [0.29, 0.717) is 6.54 Å².